The molecule has 108 valence electrons. The molecule has 1 heterocycles. The third-order valence-corrected chi connectivity index (χ3v) is 2.92. The lowest BCUT2D eigenvalue weighted by Crippen LogP contribution is -2.31. The van der Waals surface area contributed by atoms with E-state index in [0.717, 1.165) is 12.8 Å². The molecule has 0 unspecified atom stereocenters. The van der Waals surface area contributed by atoms with Crippen LogP contribution in [0.25, 0.3) is 0 Å². The fraction of sp³-hybridized carbons (Fsp3) is 0.500. The van der Waals surface area contributed by atoms with E-state index in [4.69, 9.17) is 4.74 Å². The van der Waals surface area contributed by atoms with Crippen LogP contribution in [0.1, 0.15) is 36.3 Å². The summed E-state index contributed by atoms with van der Waals surface area (Å²) in [6, 6.07) is 1.35. The van der Waals surface area contributed by atoms with Crippen LogP contribution in [0.2, 0.25) is 0 Å². The number of nitrogens with one attached hydrogen (secondary N) is 1. The summed E-state index contributed by atoms with van der Waals surface area (Å²) >= 11 is 0. The minimum atomic E-state index is -0.542. The molecule has 0 saturated heterocycles. The van der Waals surface area contributed by atoms with Gasteiger partial charge in [0.2, 0.25) is 0 Å². The van der Waals surface area contributed by atoms with Gasteiger partial charge in [-0.3, -0.25) is 19.7 Å². The van der Waals surface area contributed by atoms with Gasteiger partial charge in [0.25, 0.3) is 11.6 Å². The predicted octanol–water partition coefficient (Wildman–Crippen LogP) is 1.02. The van der Waals surface area contributed by atoms with E-state index in [-0.39, 0.29) is 30.6 Å². The molecule has 0 bridgehead atoms. The molecule has 0 aromatic carbocycles. The van der Waals surface area contributed by atoms with Gasteiger partial charge < -0.3 is 14.6 Å². The fourth-order valence-corrected chi connectivity index (χ4v) is 1.86. The van der Waals surface area contributed by atoms with Crippen molar-refractivity contribution in [3.8, 4) is 0 Å². The van der Waals surface area contributed by atoms with Gasteiger partial charge in [-0.15, -0.1) is 0 Å². The van der Waals surface area contributed by atoms with E-state index >= 15 is 0 Å². The number of hydrogen-bond acceptors (Lipinski definition) is 5. The van der Waals surface area contributed by atoms with Crippen molar-refractivity contribution in [1.82, 2.24) is 9.88 Å². The average Bonchev–Trinajstić information content (AvgIpc) is 3.14. The van der Waals surface area contributed by atoms with Crippen LogP contribution in [0.3, 0.4) is 0 Å². The third kappa shape index (κ3) is 3.14. The number of hydrogen-bond donors (Lipinski definition) is 1. The SMILES string of the molecule is CCOC(=O)CNC(=O)c1cc([N+](=O)[O-])cn1C1CC1. The Bertz CT molecular complexity index is 547. The molecule has 20 heavy (non-hydrogen) atoms. The maximum absolute atomic E-state index is 12.0. The number of amides is 1. The zero-order valence-corrected chi connectivity index (χ0v) is 11.0. The zero-order chi connectivity index (χ0) is 14.7. The summed E-state index contributed by atoms with van der Waals surface area (Å²) in [5.41, 5.74) is 0.0710. The fourth-order valence-electron chi connectivity index (χ4n) is 1.86. The first-order valence-corrected chi connectivity index (χ1v) is 6.33. The zero-order valence-electron chi connectivity index (χ0n) is 11.0. The van der Waals surface area contributed by atoms with Gasteiger partial charge in [0.15, 0.2) is 0 Å². The Balaban J connectivity index is 2.08. The predicted molar refractivity (Wildman–Crippen MR) is 68.3 cm³/mol. The van der Waals surface area contributed by atoms with Crippen LogP contribution < -0.4 is 5.32 Å². The Morgan fingerprint density at radius 1 is 1.55 bits per heavy atom. The maximum atomic E-state index is 12.0. The van der Waals surface area contributed by atoms with Crippen LogP contribution in [0.5, 0.6) is 0 Å². The van der Waals surface area contributed by atoms with Gasteiger partial charge in [0.05, 0.1) is 17.7 Å². The first kappa shape index (κ1) is 14.0. The Morgan fingerprint density at radius 2 is 2.25 bits per heavy atom. The topological polar surface area (TPSA) is 103 Å². The molecule has 1 aliphatic carbocycles. The molecule has 1 N–H and O–H groups in total. The molecule has 1 aliphatic rings. The summed E-state index contributed by atoms with van der Waals surface area (Å²) in [4.78, 5) is 33.4. The van der Waals surface area contributed by atoms with Gasteiger partial charge in [-0.25, -0.2) is 0 Å². The lowest BCUT2D eigenvalue weighted by atomic mass is 10.3. The van der Waals surface area contributed by atoms with Crippen molar-refractivity contribution in [2.24, 2.45) is 0 Å². The molecule has 0 radical (unpaired) electrons. The number of carbonyl (C=O) groups is 2. The number of carbonyl (C=O) groups excluding carboxylic acids is 2. The molecule has 0 atom stereocenters. The van der Waals surface area contributed by atoms with Gasteiger partial charge in [0, 0.05) is 12.1 Å². The van der Waals surface area contributed by atoms with E-state index in [1.165, 1.54) is 12.3 Å². The second kappa shape index (κ2) is 5.72. The molecular formula is C12H15N3O5. The van der Waals surface area contributed by atoms with Gasteiger partial charge in [-0.2, -0.15) is 0 Å². The highest BCUT2D eigenvalue weighted by molar-refractivity contribution is 5.95. The van der Waals surface area contributed by atoms with E-state index in [1.54, 1.807) is 11.5 Å². The largest absolute Gasteiger partial charge is 0.465 e. The monoisotopic (exact) mass is 281 g/mol. The van der Waals surface area contributed by atoms with Crippen molar-refractivity contribution < 1.29 is 19.2 Å². The van der Waals surface area contributed by atoms with Gasteiger partial charge >= 0.3 is 5.97 Å². The minimum Gasteiger partial charge on any atom is -0.465 e. The molecule has 8 heteroatoms. The molecule has 1 aromatic heterocycles. The van der Waals surface area contributed by atoms with Gasteiger partial charge in [-0.1, -0.05) is 0 Å². The van der Waals surface area contributed by atoms with Crippen molar-refractivity contribution in [3.05, 3.63) is 28.1 Å². The van der Waals surface area contributed by atoms with Crippen LogP contribution in [-0.4, -0.2) is 34.5 Å². The lowest BCUT2D eigenvalue weighted by Gasteiger charge is -2.07. The number of esters is 1. The summed E-state index contributed by atoms with van der Waals surface area (Å²) in [5.74, 6) is -1.06. The Labute approximate surface area is 114 Å². The van der Waals surface area contributed by atoms with E-state index < -0.39 is 16.8 Å². The summed E-state index contributed by atoms with van der Waals surface area (Å²) < 4.78 is 6.29. The first-order valence-electron chi connectivity index (χ1n) is 6.33. The third-order valence-electron chi connectivity index (χ3n) is 2.92. The quantitative estimate of drug-likeness (QED) is 0.476. The number of nitrogens with zero attached hydrogens (tertiary/aromatic N) is 2. The van der Waals surface area contributed by atoms with Crippen LogP contribution in [-0.2, 0) is 9.53 Å². The van der Waals surface area contributed by atoms with Gasteiger partial charge in [-0.05, 0) is 19.8 Å². The Kier molecular flexibility index (Phi) is 4.02. The second-order valence-corrected chi connectivity index (χ2v) is 4.47. The van der Waals surface area contributed by atoms with Crippen LogP contribution in [0.4, 0.5) is 5.69 Å². The summed E-state index contributed by atoms with van der Waals surface area (Å²) in [7, 11) is 0. The highest BCUT2D eigenvalue weighted by Crippen LogP contribution is 2.37. The van der Waals surface area contributed by atoms with E-state index in [9.17, 15) is 19.7 Å². The van der Waals surface area contributed by atoms with E-state index in [1.807, 2.05) is 0 Å². The van der Waals surface area contributed by atoms with Crippen LogP contribution in [0, 0.1) is 10.1 Å². The number of aromatic nitrogens is 1. The smallest absolute Gasteiger partial charge is 0.325 e. The molecular weight excluding hydrogens is 266 g/mol. The molecule has 0 aliphatic heterocycles. The highest BCUT2D eigenvalue weighted by Gasteiger charge is 2.30. The first-order chi connectivity index (χ1) is 9.52. The molecule has 1 aromatic rings. The molecule has 1 saturated carbocycles. The maximum Gasteiger partial charge on any atom is 0.325 e. The average molecular weight is 281 g/mol. The van der Waals surface area contributed by atoms with Crippen molar-refractivity contribution in [1.29, 1.82) is 0 Å². The van der Waals surface area contributed by atoms with Gasteiger partial charge in [0.1, 0.15) is 12.2 Å². The summed E-state index contributed by atoms with van der Waals surface area (Å²) in [5, 5.41) is 13.2. The minimum absolute atomic E-state index is 0.127. The number of rotatable bonds is 6. The lowest BCUT2D eigenvalue weighted by molar-refractivity contribution is -0.384. The molecule has 2 rings (SSSR count). The Hall–Kier alpha value is -2.38. The number of ether oxygens (including phenoxy) is 1. The standard InChI is InChI=1S/C12H15N3O5/c1-2-20-11(16)6-13-12(17)10-5-9(15(18)19)7-14(10)8-3-4-8/h5,7-8H,2-4,6H2,1H3,(H,13,17). The molecule has 1 amide bonds. The van der Waals surface area contributed by atoms with Crippen molar-refractivity contribution in [3.63, 3.8) is 0 Å². The molecule has 8 nitrogen and oxygen atoms in total. The Morgan fingerprint density at radius 3 is 2.80 bits per heavy atom. The normalized spacial score (nSPS) is 13.8. The van der Waals surface area contributed by atoms with Crippen molar-refractivity contribution >= 4 is 17.6 Å². The summed E-state index contributed by atoms with van der Waals surface area (Å²) in [6.45, 7) is 1.65. The second-order valence-electron chi connectivity index (χ2n) is 4.47. The van der Waals surface area contributed by atoms with Crippen molar-refractivity contribution in [2.75, 3.05) is 13.2 Å². The van der Waals surface area contributed by atoms with E-state index in [2.05, 4.69) is 5.32 Å². The van der Waals surface area contributed by atoms with Crippen LogP contribution in [0.15, 0.2) is 12.3 Å². The summed E-state index contributed by atoms with van der Waals surface area (Å²) in [6.07, 6.45) is 3.14. The number of nitro groups is 1. The molecule has 1 fully saturated rings. The van der Waals surface area contributed by atoms with Crippen LogP contribution >= 0.6 is 0 Å². The van der Waals surface area contributed by atoms with Crippen molar-refractivity contribution in [2.45, 2.75) is 25.8 Å². The van der Waals surface area contributed by atoms with E-state index in [0.29, 0.717) is 0 Å². The molecule has 0 spiro atoms. The highest BCUT2D eigenvalue weighted by atomic mass is 16.6.